The van der Waals surface area contributed by atoms with Crippen molar-refractivity contribution in [3.8, 4) is 5.69 Å². The van der Waals surface area contributed by atoms with Crippen molar-refractivity contribution in [3.05, 3.63) is 53.9 Å². The molecule has 0 bridgehead atoms. The first-order valence-corrected chi connectivity index (χ1v) is 5.29. The predicted molar refractivity (Wildman–Crippen MR) is 66.5 cm³/mol. The lowest BCUT2D eigenvalue weighted by Crippen LogP contribution is -2.02. The van der Waals surface area contributed by atoms with Crippen molar-refractivity contribution in [1.82, 2.24) is 4.57 Å². The molecule has 92 valence electrons. The average molecular weight is 244 g/mol. The van der Waals surface area contributed by atoms with Crippen LogP contribution < -0.4 is 0 Å². The number of esters is 1. The van der Waals surface area contributed by atoms with Gasteiger partial charge in [0.2, 0.25) is 0 Å². The van der Waals surface area contributed by atoms with Gasteiger partial charge in [0.05, 0.1) is 18.9 Å². The lowest BCUT2D eigenvalue weighted by molar-refractivity contribution is 0.0600. The van der Waals surface area contributed by atoms with Crippen molar-refractivity contribution in [2.24, 2.45) is 5.16 Å². The molecule has 1 N–H and O–H groups in total. The topological polar surface area (TPSA) is 63.8 Å². The van der Waals surface area contributed by atoms with E-state index in [1.54, 1.807) is 30.5 Å². The fourth-order valence-electron chi connectivity index (χ4n) is 1.63. The summed E-state index contributed by atoms with van der Waals surface area (Å²) in [6.45, 7) is 0. The number of hydrogen-bond acceptors (Lipinski definition) is 4. The molecular weight excluding hydrogens is 232 g/mol. The second-order valence-corrected chi connectivity index (χ2v) is 3.64. The molecule has 0 aliphatic carbocycles. The molecule has 0 spiro atoms. The van der Waals surface area contributed by atoms with Crippen LogP contribution in [0, 0.1) is 0 Å². The largest absolute Gasteiger partial charge is 0.465 e. The maximum atomic E-state index is 11.4. The highest BCUT2D eigenvalue weighted by Crippen LogP contribution is 2.13. The fraction of sp³-hybridized carbons (Fsp3) is 0.0769. The van der Waals surface area contributed by atoms with E-state index in [2.05, 4.69) is 9.89 Å². The van der Waals surface area contributed by atoms with Crippen molar-refractivity contribution in [3.63, 3.8) is 0 Å². The molecule has 0 aliphatic heterocycles. The quantitative estimate of drug-likeness (QED) is 0.389. The summed E-state index contributed by atoms with van der Waals surface area (Å²) in [6.07, 6.45) is 4.93. The Labute approximate surface area is 104 Å². The van der Waals surface area contributed by atoms with Crippen molar-refractivity contribution >= 4 is 12.2 Å². The van der Waals surface area contributed by atoms with Gasteiger partial charge in [0, 0.05) is 23.6 Å². The summed E-state index contributed by atoms with van der Waals surface area (Å²) in [4.78, 5) is 11.4. The first-order valence-electron chi connectivity index (χ1n) is 5.29. The van der Waals surface area contributed by atoms with Gasteiger partial charge in [0.25, 0.3) is 0 Å². The maximum absolute atomic E-state index is 11.4. The van der Waals surface area contributed by atoms with Crippen molar-refractivity contribution in [2.75, 3.05) is 7.11 Å². The van der Waals surface area contributed by atoms with Crippen LogP contribution in [0.25, 0.3) is 5.69 Å². The third kappa shape index (κ3) is 2.40. The number of rotatable bonds is 3. The molecule has 0 radical (unpaired) electrons. The Kier molecular flexibility index (Phi) is 3.43. The van der Waals surface area contributed by atoms with Crippen LogP contribution in [0.3, 0.4) is 0 Å². The minimum absolute atomic E-state index is 0.374. The predicted octanol–water partition coefficient (Wildman–Crippen LogP) is 2.07. The van der Waals surface area contributed by atoms with E-state index >= 15 is 0 Å². The second kappa shape index (κ2) is 5.18. The molecule has 0 saturated heterocycles. The molecule has 18 heavy (non-hydrogen) atoms. The summed E-state index contributed by atoms with van der Waals surface area (Å²) in [7, 11) is 1.35. The summed E-state index contributed by atoms with van der Waals surface area (Å²) in [5, 5.41) is 11.4. The van der Waals surface area contributed by atoms with Gasteiger partial charge in [0.15, 0.2) is 0 Å². The zero-order chi connectivity index (χ0) is 13.0. The van der Waals surface area contributed by atoms with Crippen molar-refractivity contribution < 1.29 is 14.7 Å². The van der Waals surface area contributed by atoms with Crippen LogP contribution in [-0.4, -0.2) is 29.1 Å². The standard InChI is InChI=1S/C13H12N2O3/c1-18-13(16)11-3-2-4-12(7-11)15-6-5-10(9-15)8-14-17/h2-9,17H,1H3. The van der Waals surface area contributed by atoms with Gasteiger partial charge < -0.3 is 14.5 Å². The van der Waals surface area contributed by atoms with Crippen LogP contribution in [0.2, 0.25) is 0 Å². The van der Waals surface area contributed by atoms with Gasteiger partial charge in [-0.2, -0.15) is 0 Å². The van der Waals surface area contributed by atoms with Gasteiger partial charge in [-0.1, -0.05) is 11.2 Å². The Morgan fingerprint density at radius 3 is 3.00 bits per heavy atom. The van der Waals surface area contributed by atoms with Gasteiger partial charge in [-0.15, -0.1) is 0 Å². The minimum Gasteiger partial charge on any atom is -0.465 e. The summed E-state index contributed by atoms with van der Waals surface area (Å²) >= 11 is 0. The van der Waals surface area contributed by atoms with E-state index in [0.29, 0.717) is 5.56 Å². The van der Waals surface area contributed by atoms with Crippen LogP contribution in [-0.2, 0) is 4.74 Å². The summed E-state index contributed by atoms with van der Waals surface area (Å²) in [5.74, 6) is -0.374. The number of ether oxygens (including phenoxy) is 1. The van der Waals surface area contributed by atoms with E-state index in [-0.39, 0.29) is 5.97 Å². The molecule has 0 unspecified atom stereocenters. The number of aromatic nitrogens is 1. The fourth-order valence-corrected chi connectivity index (χ4v) is 1.63. The number of nitrogens with zero attached hydrogens (tertiary/aromatic N) is 2. The number of benzene rings is 1. The summed E-state index contributed by atoms with van der Waals surface area (Å²) in [6, 6.07) is 8.86. The van der Waals surface area contributed by atoms with E-state index in [1.807, 2.05) is 16.8 Å². The smallest absolute Gasteiger partial charge is 0.337 e. The molecule has 1 aromatic heterocycles. The Hall–Kier alpha value is -2.56. The normalized spacial score (nSPS) is 10.7. The third-order valence-corrected chi connectivity index (χ3v) is 2.49. The minimum atomic E-state index is -0.374. The van der Waals surface area contributed by atoms with Gasteiger partial charge in [-0.3, -0.25) is 0 Å². The van der Waals surface area contributed by atoms with Crippen LogP contribution in [0.1, 0.15) is 15.9 Å². The molecule has 5 nitrogen and oxygen atoms in total. The van der Waals surface area contributed by atoms with Crippen LogP contribution in [0.4, 0.5) is 0 Å². The molecule has 2 rings (SSSR count). The monoisotopic (exact) mass is 244 g/mol. The Morgan fingerprint density at radius 2 is 2.28 bits per heavy atom. The SMILES string of the molecule is COC(=O)c1cccc(-n2ccc(C=NO)c2)c1. The number of oxime groups is 1. The van der Waals surface area contributed by atoms with Crippen molar-refractivity contribution in [2.45, 2.75) is 0 Å². The Morgan fingerprint density at radius 1 is 1.44 bits per heavy atom. The highest BCUT2D eigenvalue weighted by atomic mass is 16.5. The lowest BCUT2D eigenvalue weighted by Gasteiger charge is -2.04. The van der Waals surface area contributed by atoms with E-state index < -0.39 is 0 Å². The average Bonchev–Trinajstić information content (AvgIpc) is 2.87. The first-order chi connectivity index (χ1) is 8.74. The summed E-state index contributed by atoms with van der Waals surface area (Å²) < 4.78 is 6.49. The molecule has 0 aliphatic rings. The molecule has 2 aromatic rings. The molecule has 0 amide bonds. The zero-order valence-electron chi connectivity index (χ0n) is 9.78. The van der Waals surface area contributed by atoms with E-state index in [1.165, 1.54) is 13.3 Å². The van der Waals surface area contributed by atoms with Gasteiger partial charge in [-0.25, -0.2) is 4.79 Å². The molecule has 1 aromatic carbocycles. The van der Waals surface area contributed by atoms with E-state index in [9.17, 15) is 4.79 Å². The maximum Gasteiger partial charge on any atom is 0.337 e. The number of methoxy groups -OCH3 is 1. The highest BCUT2D eigenvalue weighted by molar-refractivity contribution is 5.90. The number of carbonyl (C=O) groups is 1. The van der Waals surface area contributed by atoms with Crippen LogP contribution in [0.5, 0.6) is 0 Å². The van der Waals surface area contributed by atoms with Crippen molar-refractivity contribution in [1.29, 1.82) is 0 Å². The molecule has 5 heteroatoms. The number of carbonyl (C=O) groups excluding carboxylic acids is 1. The molecule has 1 heterocycles. The first kappa shape index (κ1) is 11.9. The lowest BCUT2D eigenvalue weighted by atomic mass is 10.2. The molecule has 0 atom stereocenters. The zero-order valence-corrected chi connectivity index (χ0v) is 9.78. The Balaban J connectivity index is 2.35. The second-order valence-electron chi connectivity index (χ2n) is 3.64. The molecule has 0 fully saturated rings. The van der Waals surface area contributed by atoms with Gasteiger partial charge >= 0.3 is 5.97 Å². The Bertz CT molecular complexity index is 587. The van der Waals surface area contributed by atoms with E-state index in [0.717, 1.165) is 11.3 Å². The van der Waals surface area contributed by atoms with E-state index in [4.69, 9.17) is 5.21 Å². The highest BCUT2D eigenvalue weighted by Gasteiger charge is 2.06. The summed E-state index contributed by atoms with van der Waals surface area (Å²) in [5.41, 5.74) is 2.08. The van der Waals surface area contributed by atoms with Gasteiger partial charge in [-0.05, 0) is 24.3 Å². The van der Waals surface area contributed by atoms with Crippen LogP contribution in [0.15, 0.2) is 47.9 Å². The van der Waals surface area contributed by atoms with Gasteiger partial charge in [0.1, 0.15) is 0 Å². The third-order valence-electron chi connectivity index (χ3n) is 2.49. The number of hydrogen-bond donors (Lipinski definition) is 1. The molecule has 0 saturated carbocycles. The van der Waals surface area contributed by atoms with Crippen LogP contribution >= 0.6 is 0 Å². The molecular formula is C13H12N2O3.